The normalized spacial score (nSPS) is 21.2. The summed E-state index contributed by atoms with van der Waals surface area (Å²) in [5.74, 6) is 1.67. The lowest BCUT2D eigenvalue weighted by molar-refractivity contribution is 0.193. The fourth-order valence-electron chi connectivity index (χ4n) is 3.88. The molecule has 5 nitrogen and oxygen atoms in total. The minimum absolute atomic E-state index is 0.156. The molecule has 0 bridgehead atoms. The van der Waals surface area contributed by atoms with Crippen molar-refractivity contribution in [2.24, 2.45) is 5.92 Å². The van der Waals surface area contributed by atoms with Gasteiger partial charge in [0.15, 0.2) is 0 Å². The van der Waals surface area contributed by atoms with Crippen molar-refractivity contribution < 1.29 is 5.11 Å². The summed E-state index contributed by atoms with van der Waals surface area (Å²) in [6, 6.07) is 2.94. The SMILES string of the molecule is CCc1cc2c(N(CCO)CC3CCC(N(C)C)CC3)ncnc2s1. The molecule has 0 unspecified atom stereocenters. The molecule has 2 aromatic rings. The molecule has 1 N–H and O–H groups in total. The fraction of sp³-hybridized carbons (Fsp3) is 0.684. The van der Waals surface area contributed by atoms with E-state index in [9.17, 15) is 5.11 Å². The first-order chi connectivity index (χ1) is 12.1. The van der Waals surface area contributed by atoms with Crippen LogP contribution in [0.5, 0.6) is 0 Å². The Bertz CT molecular complexity index is 679. The van der Waals surface area contributed by atoms with Crippen molar-refractivity contribution in [3.8, 4) is 0 Å². The van der Waals surface area contributed by atoms with Crippen molar-refractivity contribution >= 4 is 27.4 Å². The molecule has 25 heavy (non-hydrogen) atoms. The number of anilines is 1. The summed E-state index contributed by atoms with van der Waals surface area (Å²) in [6.45, 7) is 3.94. The molecule has 1 aliphatic rings. The number of hydrogen-bond acceptors (Lipinski definition) is 6. The predicted octanol–water partition coefficient (Wildman–Crippen LogP) is 3.17. The maximum absolute atomic E-state index is 9.58. The Morgan fingerprint density at radius 1 is 1.20 bits per heavy atom. The van der Waals surface area contributed by atoms with Gasteiger partial charge < -0.3 is 14.9 Å². The maximum Gasteiger partial charge on any atom is 0.140 e. The number of aliphatic hydroxyl groups is 1. The molecule has 0 aliphatic heterocycles. The van der Waals surface area contributed by atoms with Gasteiger partial charge in [-0.2, -0.15) is 0 Å². The largest absolute Gasteiger partial charge is 0.395 e. The van der Waals surface area contributed by atoms with E-state index < -0.39 is 0 Å². The highest BCUT2D eigenvalue weighted by atomic mass is 32.1. The van der Waals surface area contributed by atoms with Gasteiger partial charge in [-0.25, -0.2) is 9.97 Å². The molecular formula is C19H30N4OS. The van der Waals surface area contributed by atoms with Crippen LogP contribution < -0.4 is 4.90 Å². The number of thiophene rings is 1. The number of aliphatic hydroxyl groups excluding tert-OH is 1. The third-order valence-corrected chi connectivity index (χ3v) is 6.59. The van der Waals surface area contributed by atoms with Gasteiger partial charge in [-0.1, -0.05) is 6.92 Å². The van der Waals surface area contributed by atoms with Crippen LogP contribution in [0.25, 0.3) is 10.2 Å². The molecule has 2 heterocycles. The zero-order valence-corrected chi connectivity index (χ0v) is 16.4. The van der Waals surface area contributed by atoms with E-state index in [1.54, 1.807) is 17.7 Å². The van der Waals surface area contributed by atoms with Gasteiger partial charge in [-0.15, -0.1) is 11.3 Å². The highest BCUT2D eigenvalue weighted by molar-refractivity contribution is 7.18. The number of hydrogen-bond donors (Lipinski definition) is 1. The number of nitrogens with zero attached hydrogens (tertiary/aromatic N) is 4. The molecule has 3 rings (SSSR count). The third-order valence-electron chi connectivity index (χ3n) is 5.40. The Labute approximate surface area is 154 Å². The van der Waals surface area contributed by atoms with Crippen LogP contribution in [0.15, 0.2) is 12.4 Å². The Kier molecular flexibility index (Phi) is 6.25. The Morgan fingerprint density at radius 3 is 2.60 bits per heavy atom. The molecule has 0 amide bonds. The molecule has 1 aliphatic carbocycles. The van der Waals surface area contributed by atoms with Gasteiger partial charge in [0, 0.05) is 24.0 Å². The monoisotopic (exact) mass is 362 g/mol. The minimum atomic E-state index is 0.156. The third kappa shape index (κ3) is 4.30. The van der Waals surface area contributed by atoms with Gasteiger partial charge in [0.2, 0.25) is 0 Å². The van der Waals surface area contributed by atoms with E-state index in [0.717, 1.165) is 35.0 Å². The van der Waals surface area contributed by atoms with Crippen molar-refractivity contribution in [3.63, 3.8) is 0 Å². The lowest BCUT2D eigenvalue weighted by Gasteiger charge is -2.35. The highest BCUT2D eigenvalue weighted by Gasteiger charge is 2.25. The number of fused-ring (bicyclic) bond motifs is 1. The van der Waals surface area contributed by atoms with Gasteiger partial charge in [-0.05, 0) is 58.2 Å². The number of rotatable bonds is 7. The summed E-state index contributed by atoms with van der Waals surface area (Å²) in [5, 5.41) is 10.7. The van der Waals surface area contributed by atoms with Crippen molar-refractivity contribution in [1.29, 1.82) is 0 Å². The summed E-state index contributed by atoms with van der Waals surface area (Å²) in [6.07, 6.45) is 7.73. The lowest BCUT2D eigenvalue weighted by Crippen LogP contribution is -2.38. The predicted molar refractivity (Wildman–Crippen MR) is 106 cm³/mol. The second kappa shape index (κ2) is 8.43. The summed E-state index contributed by atoms with van der Waals surface area (Å²) >= 11 is 1.75. The van der Waals surface area contributed by atoms with Crippen molar-refractivity contribution in [3.05, 3.63) is 17.3 Å². The summed E-state index contributed by atoms with van der Waals surface area (Å²) in [5.41, 5.74) is 0. The zero-order chi connectivity index (χ0) is 17.8. The van der Waals surface area contributed by atoms with E-state index in [0.29, 0.717) is 12.5 Å². The number of aryl methyl sites for hydroxylation is 1. The summed E-state index contributed by atoms with van der Waals surface area (Å²) in [7, 11) is 4.37. The quantitative estimate of drug-likeness (QED) is 0.820. The van der Waals surface area contributed by atoms with E-state index in [1.807, 2.05) is 0 Å². The van der Waals surface area contributed by atoms with Crippen LogP contribution in [-0.4, -0.2) is 59.8 Å². The summed E-state index contributed by atoms with van der Waals surface area (Å²) < 4.78 is 0. The molecule has 6 heteroatoms. The van der Waals surface area contributed by atoms with Crippen LogP contribution in [0.4, 0.5) is 5.82 Å². The first kappa shape index (κ1) is 18.5. The van der Waals surface area contributed by atoms with Crippen molar-refractivity contribution in [2.75, 3.05) is 38.7 Å². The molecule has 0 saturated heterocycles. The lowest BCUT2D eigenvalue weighted by atomic mass is 9.85. The zero-order valence-electron chi connectivity index (χ0n) is 15.6. The molecule has 0 aromatic carbocycles. The van der Waals surface area contributed by atoms with Crippen molar-refractivity contribution in [1.82, 2.24) is 14.9 Å². The van der Waals surface area contributed by atoms with Crippen LogP contribution in [0, 0.1) is 5.92 Å². The minimum Gasteiger partial charge on any atom is -0.395 e. The van der Waals surface area contributed by atoms with Crippen LogP contribution >= 0.6 is 11.3 Å². The smallest absolute Gasteiger partial charge is 0.140 e. The highest BCUT2D eigenvalue weighted by Crippen LogP contribution is 2.33. The van der Waals surface area contributed by atoms with Crippen molar-refractivity contribution in [2.45, 2.75) is 45.1 Å². The Balaban J connectivity index is 1.76. The molecule has 2 aromatic heterocycles. The second-order valence-corrected chi connectivity index (χ2v) is 8.41. The van der Waals surface area contributed by atoms with Gasteiger partial charge in [0.05, 0.1) is 12.0 Å². The van der Waals surface area contributed by atoms with E-state index in [2.05, 4.69) is 46.9 Å². The Morgan fingerprint density at radius 2 is 1.96 bits per heavy atom. The molecule has 1 fully saturated rings. The van der Waals surface area contributed by atoms with Gasteiger partial charge in [0.25, 0.3) is 0 Å². The van der Waals surface area contributed by atoms with Crippen LogP contribution in [0.2, 0.25) is 0 Å². The summed E-state index contributed by atoms with van der Waals surface area (Å²) in [4.78, 5) is 16.1. The van der Waals surface area contributed by atoms with E-state index >= 15 is 0 Å². The van der Waals surface area contributed by atoms with E-state index in [-0.39, 0.29) is 6.61 Å². The molecule has 0 spiro atoms. The first-order valence-corrected chi connectivity index (χ1v) is 10.2. The number of aromatic nitrogens is 2. The second-order valence-electron chi connectivity index (χ2n) is 7.29. The van der Waals surface area contributed by atoms with Gasteiger partial charge >= 0.3 is 0 Å². The molecule has 1 saturated carbocycles. The van der Waals surface area contributed by atoms with Crippen LogP contribution in [-0.2, 0) is 6.42 Å². The standard InChI is InChI=1S/C19H30N4OS/c1-4-16-11-17-18(20-13-21-19(17)25-16)23(9-10-24)12-14-5-7-15(8-6-14)22(2)3/h11,13-15,24H,4-10,12H2,1-3H3. The first-order valence-electron chi connectivity index (χ1n) is 9.38. The van der Waals surface area contributed by atoms with Gasteiger partial charge in [0.1, 0.15) is 17.0 Å². The molecule has 0 atom stereocenters. The molecule has 0 radical (unpaired) electrons. The molecular weight excluding hydrogens is 332 g/mol. The Hall–Kier alpha value is -1.24. The molecule has 138 valence electrons. The average Bonchev–Trinajstić information content (AvgIpc) is 3.05. The van der Waals surface area contributed by atoms with Gasteiger partial charge in [-0.3, -0.25) is 0 Å². The topological polar surface area (TPSA) is 52.5 Å². The maximum atomic E-state index is 9.58. The van der Waals surface area contributed by atoms with Crippen LogP contribution in [0.3, 0.4) is 0 Å². The average molecular weight is 363 g/mol. The van der Waals surface area contributed by atoms with E-state index in [1.165, 1.54) is 30.6 Å². The van der Waals surface area contributed by atoms with Crippen LogP contribution in [0.1, 0.15) is 37.5 Å². The fourth-order valence-corrected chi connectivity index (χ4v) is 4.81. The van der Waals surface area contributed by atoms with E-state index in [4.69, 9.17) is 0 Å².